The number of hydrogen-bond donors (Lipinski definition) is 0. The van der Waals surface area contributed by atoms with Crippen LogP contribution in [0.15, 0.2) is 30.3 Å². The summed E-state index contributed by atoms with van der Waals surface area (Å²) >= 11 is 0. The zero-order valence-corrected chi connectivity index (χ0v) is 14.1. The van der Waals surface area contributed by atoms with Crippen molar-refractivity contribution < 1.29 is 26.2 Å². The molecule has 0 saturated carbocycles. The van der Waals surface area contributed by atoms with Gasteiger partial charge in [0, 0.05) is 35.7 Å². The third-order valence-electron chi connectivity index (χ3n) is 2.56. The van der Waals surface area contributed by atoms with Gasteiger partial charge in [0.15, 0.2) is 0 Å². The Bertz CT molecular complexity index is 418. The van der Waals surface area contributed by atoms with Crippen molar-refractivity contribution in [3.05, 3.63) is 41.5 Å². The van der Waals surface area contributed by atoms with E-state index in [1.807, 2.05) is 0 Å². The molecule has 0 unspecified atom stereocenters. The first-order valence-electron chi connectivity index (χ1n) is 5.47. The van der Waals surface area contributed by atoms with Gasteiger partial charge in [-0.1, -0.05) is 33.0 Å². The second-order valence-electron chi connectivity index (χ2n) is 3.74. The molecule has 2 heteroatoms. The molecule has 0 N–H and O–H groups in total. The van der Waals surface area contributed by atoms with Crippen LogP contribution in [0.2, 0.25) is 13.1 Å². The second-order valence-corrected chi connectivity index (χ2v) is 4.74. The Hall–Kier alpha value is -0.0700. The Labute approximate surface area is 121 Å². The fourth-order valence-electron chi connectivity index (χ4n) is 1.80. The predicted octanol–water partition coefficient (Wildman–Crippen LogP) is 4.21. The van der Waals surface area contributed by atoms with Crippen LogP contribution in [0.5, 0.6) is 0 Å². The van der Waals surface area contributed by atoms with Crippen molar-refractivity contribution >= 4 is 20.3 Å². The number of benzene rings is 1. The van der Waals surface area contributed by atoms with Crippen LogP contribution < -0.4 is 0 Å². The maximum absolute atomic E-state index is 2.30. The molecule has 2 rings (SSSR count). The summed E-state index contributed by atoms with van der Waals surface area (Å²) in [5, 5.41) is 2.79. The Morgan fingerprint density at radius 2 is 1.75 bits per heavy atom. The van der Waals surface area contributed by atoms with Crippen LogP contribution in [0, 0.1) is 6.92 Å². The Balaban J connectivity index is 0.000000511. The molecule has 0 aromatic heterocycles. The maximum atomic E-state index is 2.30. The Morgan fingerprint density at radius 3 is 2.25 bits per heavy atom. The molecule has 84 valence electrons. The van der Waals surface area contributed by atoms with E-state index in [1.165, 1.54) is 21.9 Å². The minimum atomic E-state index is 0. The summed E-state index contributed by atoms with van der Waals surface area (Å²) in [7, 11) is 1.08. The summed E-state index contributed by atoms with van der Waals surface area (Å²) in [6.45, 7) is 8.72. The van der Waals surface area contributed by atoms with E-state index in [4.69, 9.17) is 0 Å². The van der Waals surface area contributed by atoms with Crippen molar-refractivity contribution in [2.45, 2.75) is 33.4 Å². The molecule has 0 aliphatic rings. The molecule has 2 aromatic rings. The zero-order valence-electron chi connectivity index (χ0n) is 10.6. The fourth-order valence-corrected chi connectivity index (χ4v) is 1.80. The smallest absolute Gasteiger partial charge is 0.0307 e. The van der Waals surface area contributed by atoms with Crippen LogP contribution in [-0.2, 0) is 32.6 Å². The van der Waals surface area contributed by atoms with Crippen LogP contribution >= 0.6 is 0 Å². The van der Waals surface area contributed by atoms with Gasteiger partial charge in [-0.25, -0.2) is 0 Å². The van der Waals surface area contributed by atoms with E-state index in [-0.39, 0.29) is 26.2 Å². The van der Waals surface area contributed by atoms with E-state index in [2.05, 4.69) is 57.3 Å². The quantitative estimate of drug-likeness (QED) is 0.547. The first kappa shape index (κ1) is 15.9. The van der Waals surface area contributed by atoms with E-state index in [0.29, 0.717) is 0 Å². The molecular formula is C14H19SiZr-. The number of aryl methyl sites for hydroxylation is 2. The van der Waals surface area contributed by atoms with Crippen LogP contribution in [0.4, 0.5) is 0 Å². The molecule has 16 heavy (non-hydrogen) atoms. The molecule has 0 amide bonds. The van der Waals surface area contributed by atoms with Crippen molar-refractivity contribution in [2.24, 2.45) is 0 Å². The first-order chi connectivity index (χ1) is 7.24. The zero-order chi connectivity index (χ0) is 11.3. The molecule has 2 aromatic carbocycles. The average Bonchev–Trinajstić information content (AvgIpc) is 2.57. The van der Waals surface area contributed by atoms with Crippen LogP contribution in [0.3, 0.4) is 0 Å². The largest absolute Gasteiger partial charge is 0.153 e. The summed E-state index contributed by atoms with van der Waals surface area (Å²) in [5.74, 6) is 0. The standard InChI is InChI=1S/C12H13.C2H6Si.Zr/c1-3-10-8-11-6-4-5-7-12(11)9(10)2;1-3-2;/h4-8H,3H2,1-2H3;1-2H3;/q-1;;. The third-order valence-corrected chi connectivity index (χ3v) is 2.56. The minimum Gasteiger partial charge on any atom is -0.153 e. The summed E-state index contributed by atoms with van der Waals surface area (Å²) in [6.07, 6.45) is 1.14. The Morgan fingerprint density at radius 1 is 1.19 bits per heavy atom. The molecule has 0 fully saturated rings. The minimum absolute atomic E-state index is 0. The summed E-state index contributed by atoms with van der Waals surface area (Å²) in [4.78, 5) is 0. The van der Waals surface area contributed by atoms with Gasteiger partial charge < -0.3 is 0 Å². The van der Waals surface area contributed by atoms with Crippen molar-refractivity contribution in [1.82, 2.24) is 0 Å². The normalized spacial score (nSPS) is 9.25. The van der Waals surface area contributed by atoms with Crippen LogP contribution in [0.25, 0.3) is 10.8 Å². The predicted molar refractivity (Wildman–Crippen MR) is 71.1 cm³/mol. The molecule has 0 nitrogen and oxygen atoms in total. The number of rotatable bonds is 1. The van der Waals surface area contributed by atoms with Gasteiger partial charge in [0.05, 0.1) is 0 Å². The van der Waals surface area contributed by atoms with Gasteiger partial charge in [-0.3, -0.25) is 0 Å². The SMILES string of the molecule is CCc1[cH-]c2ccccc2c1C.C[Si]C.[Zr]. The topological polar surface area (TPSA) is 0 Å². The molecule has 0 spiro atoms. The van der Waals surface area contributed by atoms with Crippen molar-refractivity contribution in [3.8, 4) is 0 Å². The van der Waals surface area contributed by atoms with Gasteiger partial charge in [-0.15, -0.1) is 40.6 Å². The van der Waals surface area contributed by atoms with Crippen molar-refractivity contribution in [3.63, 3.8) is 0 Å². The van der Waals surface area contributed by atoms with Gasteiger partial charge in [0.2, 0.25) is 0 Å². The maximum Gasteiger partial charge on any atom is 0.0307 e. The summed E-state index contributed by atoms with van der Waals surface area (Å²) in [6, 6.07) is 10.9. The molecule has 0 heterocycles. The van der Waals surface area contributed by atoms with Gasteiger partial charge in [0.1, 0.15) is 0 Å². The number of hydrogen-bond acceptors (Lipinski definition) is 0. The molecule has 0 aliphatic heterocycles. The van der Waals surface area contributed by atoms with Crippen LogP contribution in [-0.4, -0.2) is 9.52 Å². The monoisotopic (exact) mass is 305 g/mol. The van der Waals surface area contributed by atoms with Gasteiger partial charge in [-0.05, 0) is 6.42 Å². The first-order valence-corrected chi connectivity index (χ1v) is 7.47. The molecule has 2 radical (unpaired) electrons. The molecular weight excluding hydrogens is 287 g/mol. The summed E-state index contributed by atoms with van der Waals surface area (Å²) in [5.41, 5.74) is 2.93. The molecule has 0 saturated heterocycles. The second kappa shape index (κ2) is 8.08. The molecule has 0 aliphatic carbocycles. The molecule has 0 atom stereocenters. The van der Waals surface area contributed by atoms with E-state index in [0.717, 1.165) is 15.9 Å². The van der Waals surface area contributed by atoms with Crippen LogP contribution in [0.1, 0.15) is 18.1 Å². The average molecular weight is 307 g/mol. The van der Waals surface area contributed by atoms with Crippen molar-refractivity contribution in [2.75, 3.05) is 0 Å². The van der Waals surface area contributed by atoms with Gasteiger partial charge in [0.25, 0.3) is 0 Å². The van der Waals surface area contributed by atoms with Gasteiger partial charge >= 0.3 is 0 Å². The van der Waals surface area contributed by atoms with Gasteiger partial charge in [-0.2, -0.15) is 5.56 Å². The van der Waals surface area contributed by atoms with E-state index in [9.17, 15) is 0 Å². The van der Waals surface area contributed by atoms with E-state index in [1.54, 1.807) is 0 Å². The van der Waals surface area contributed by atoms with Crippen molar-refractivity contribution in [1.29, 1.82) is 0 Å². The third kappa shape index (κ3) is 3.75. The Kier molecular flexibility index (Phi) is 8.05. The fraction of sp³-hybridized carbons (Fsp3) is 0.357. The van der Waals surface area contributed by atoms with E-state index >= 15 is 0 Å². The molecule has 0 bridgehead atoms. The number of fused-ring (bicyclic) bond motifs is 1. The van der Waals surface area contributed by atoms with E-state index < -0.39 is 0 Å². The summed E-state index contributed by atoms with van der Waals surface area (Å²) < 4.78 is 0.